The van der Waals surface area contributed by atoms with Gasteiger partial charge in [0.15, 0.2) is 20.5 Å². The molecule has 6 rings (SSSR count). The molecule has 1 amide bonds. The Morgan fingerprint density at radius 3 is 2.40 bits per heavy atom. The highest BCUT2D eigenvalue weighted by Gasteiger charge is 2.34. The first-order valence-electron chi connectivity index (χ1n) is 15.5. The Morgan fingerprint density at radius 1 is 1.06 bits per heavy atom. The Morgan fingerprint density at radius 2 is 1.75 bits per heavy atom. The molecule has 0 unspecified atom stereocenters. The van der Waals surface area contributed by atoms with E-state index in [1.165, 1.54) is 12.1 Å². The van der Waals surface area contributed by atoms with Gasteiger partial charge in [-0.25, -0.2) is 12.8 Å². The van der Waals surface area contributed by atoms with E-state index in [0.717, 1.165) is 16.2 Å². The molecule has 0 bridgehead atoms. The lowest BCUT2D eigenvalue weighted by Gasteiger charge is -2.37. The zero-order chi connectivity index (χ0) is 34.7. The minimum atomic E-state index is -4.21. The normalized spacial score (nSPS) is 13.9. The van der Waals surface area contributed by atoms with Gasteiger partial charge in [-0.2, -0.15) is 0 Å². The number of nitrogens with two attached hydrogens (primary N) is 1. The van der Waals surface area contributed by atoms with E-state index in [9.17, 15) is 18.0 Å². The number of aromatic nitrogens is 2. The number of fused-ring (bicyclic) bond motifs is 2. The lowest BCUT2D eigenvalue weighted by Crippen LogP contribution is -2.49. The molecular formula is C36H35ClFN5O4S. The van der Waals surface area contributed by atoms with Crippen molar-refractivity contribution in [3.63, 3.8) is 0 Å². The van der Waals surface area contributed by atoms with E-state index >= 15 is 4.39 Å². The maximum Gasteiger partial charge on any atom is 0.276 e. The predicted octanol–water partition coefficient (Wildman–Crippen LogP) is 6.25. The Labute approximate surface area is 283 Å². The van der Waals surface area contributed by atoms with Crippen molar-refractivity contribution < 1.29 is 17.6 Å². The van der Waals surface area contributed by atoms with Crippen LogP contribution in [0.2, 0.25) is 5.02 Å². The quantitative estimate of drug-likeness (QED) is 0.166. The van der Waals surface area contributed by atoms with E-state index in [-0.39, 0.29) is 65.2 Å². The van der Waals surface area contributed by atoms with Gasteiger partial charge in [-0.05, 0) is 65.1 Å². The van der Waals surface area contributed by atoms with Gasteiger partial charge in [-0.1, -0.05) is 56.3 Å². The van der Waals surface area contributed by atoms with Crippen LogP contribution >= 0.6 is 11.6 Å². The SMILES string of the molecule is C=CC(=O)N1CCN(c2c(S(C)(=O)=O)c(=O)n(-c3c(C)ccnc3C(C)C)c3c(F)c(-c4cc(N)cc5ccccc45)c(Cl)cc23)CC1. The van der Waals surface area contributed by atoms with Gasteiger partial charge in [0.25, 0.3) is 5.56 Å². The number of amides is 1. The largest absolute Gasteiger partial charge is 0.399 e. The maximum atomic E-state index is 17.7. The molecular weight excluding hydrogens is 653 g/mol. The summed E-state index contributed by atoms with van der Waals surface area (Å²) in [5.41, 5.74) is 7.50. The first-order chi connectivity index (χ1) is 22.7. The molecule has 1 saturated heterocycles. The molecule has 2 aromatic heterocycles. The second kappa shape index (κ2) is 12.4. The summed E-state index contributed by atoms with van der Waals surface area (Å²) in [6, 6.07) is 14.0. The number of sulfone groups is 1. The van der Waals surface area contributed by atoms with Gasteiger partial charge in [0, 0.05) is 55.3 Å². The highest BCUT2D eigenvalue weighted by molar-refractivity contribution is 7.90. The molecule has 5 aromatic rings. The molecule has 0 aliphatic carbocycles. The molecule has 1 fully saturated rings. The van der Waals surface area contributed by atoms with Crippen molar-refractivity contribution in [1.82, 2.24) is 14.5 Å². The van der Waals surface area contributed by atoms with Crippen LogP contribution in [0.4, 0.5) is 15.8 Å². The number of aryl methyl sites for hydroxylation is 1. The van der Waals surface area contributed by atoms with Crippen molar-refractivity contribution >= 4 is 60.4 Å². The Kier molecular flexibility index (Phi) is 8.55. The monoisotopic (exact) mass is 687 g/mol. The van der Waals surface area contributed by atoms with E-state index in [1.54, 1.807) is 41.1 Å². The predicted molar refractivity (Wildman–Crippen MR) is 191 cm³/mol. The van der Waals surface area contributed by atoms with Gasteiger partial charge in [0.2, 0.25) is 5.91 Å². The number of carbonyl (C=O) groups excluding carboxylic acids is 1. The van der Waals surface area contributed by atoms with Gasteiger partial charge >= 0.3 is 0 Å². The molecule has 1 aliphatic rings. The fraction of sp³-hybridized carbons (Fsp3) is 0.250. The van der Waals surface area contributed by atoms with E-state index in [2.05, 4.69) is 11.6 Å². The molecule has 0 saturated carbocycles. The van der Waals surface area contributed by atoms with Crippen LogP contribution in [-0.2, 0) is 14.6 Å². The smallest absolute Gasteiger partial charge is 0.276 e. The second-order valence-electron chi connectivity index (χ2n) is 12.4. The Balaban J connectivity index is 1.81. The molecule has 0 radical (unpaired) electrons. The van der Waals surface area contributed by atoms with Gasteiger partial charge in [-0.15, -0.1) is 0 Å². The van der Waals surface area contributed by atoms with Gasteiger partial charge in [0.1, 0.15) is 0 Å². The summed E-state index contributed by atoms with van der Waals surface area (Å²) in [6.07, 6.45) is 3.79. The third-order valence-corrected chi connectivity index (χ3v) is 10.2. The molecule has 248 valence electrons. The number of carbonyl (C=O) groups is 1. The number of pyridine rings is 2. The molecule has 48 heavy (non-hydrogen) atoms. The van der Waals surface area contributed by atoms with Gasteiger partial charge in [0.05, 0.1) is 27.6 Å². The summed E-state index contributed by atoms with van der Waals surface area (Å²) >= 11 is 7.00. The molecule has 1 aliphatic heterocycles. The van der Waals surface area contributed by atoms with Crippen LogP contribution in [0, 0.1) is 12.7 Å². The fourth-order valence-corrected chi connectivity index (χ4v) is 7.94. The molecule has 0 atom stereocenters. The average Bonchev–Trinajstić information content (AvgIpc) is 3.03. The number of nitrogens with zero attached hydrogens (tertiary/aromatic N) is 4. The molecule has 3 heterocycles. The van der Waals surface area contributed by atoms with Crippen LogP contribution in [0.5, 0.6) is 0 Å². The number of anilines is 2. The molecule has 9 nitrogen and oxygen atoms in total. The highest BCUT2D eigenvalue weighted by Crippen LogP contribution is 2.44. The van der Waals surface area contributed by atoms with Crippen LogP contribution in [0.15, 0.2) is 77.1 Å². The van der Waals surface area contributed by atoms with E-state index in [4.69, 9.17) is 17.3 Å². The van der Waals surface area contributed by atoms with E-state index < -0.39 is 26.1 Å². The first-order valence-corrected chi connectivity index (χ1v) is 17.7. The lowest BCUT2D eigenvalue weighted by atomic mass is 9.95. The zero-order valence-electron chi connectivity index (χ0n) is 27.0. The summed E-state index contributed by atoms with van der Waals surface area (Å²) in [5, 5.41) is 1.60. The number of hydrogen-bond donors (Lipinski definition) is 1. The van der Waals surface area contributed by atoms with Crippen LogP contribution in [0.3, 0.4) is 0 Å². The summed E-state index contributed by atoms with van der Waals surface area (Å²) in [7, 11) is -4.21. The second-order valence-corrected chi connectivity index (χ2v) is 14.7. The Hall–Kier alpha value is -4.74. The van der Waals surface area contributed by atoms with Crippen molar-refractivity contribution in [3.8, 4) is 16.8 Å². The fourth-order valence-electron chi connectivity index (χ4n) is 6.65. The number of hydrogen-bond acceptors (Lipinski definition) is 7. The summed E-state index contributed by atoms with van der Waals surface area (Å²) in [5.74, 6) is -1.28. The number of rotatable bonds is 6. The third-order valence-electron chi connectivity index (χ3n) is 8.81. The number of halogens is 2. The first kappa shape index (κ1) is 33.2. The number of piperazine rings is 1. The van der Waals surface area contributed by atoms with Crippen LogP contribution in [0.25, 0.3) is 38.5 Å². The number of benzene rings is 3. The summed E-state index contributed by atoms with van der Waals surface area (Å²) < 4.78 is 46.1. The molecule has 3 aromatic carbocycles. The third kappa shape index (κ3) is 5.50. The van der Waals surface area contributed by atoms with Crippen molar-refractivity contribution in [1.29, 1.82) is 0 Å². The van der Waals surface area contributed by atoms with Crippen LogP contribution < -0.4 is 16.2 Å². The topological polar surface area (TPSA) is 119 Å². The highest BCUT2D eigenvalue weighted by atomic mass is 35.5. The van der Waals surface area contributed by atoms with Gasteiger partial charge < -0.3 is 15.5 Å². The van der Waals surface area contributed by atoms with E-state index in [0.29, 0.717) is 33.6 Å². The van der Waals surface area contributed by atoms with Crippen molar-refractivity contribution in [2.24, 2.45) is 0 Å². The van der Waals surface area contributed by atoms with Crippen molar-refractivity contribution in [3.05, 3.63) is 99.8 Å². The minimum Gasteiger partial charge on any atom is -0.399 e. The number of nitrogen functional groups attached to an aromatic ring is 1. The average molecular weight is 688 g/mol. The molecule has 0 spiro atoms. The molecule has 12 heteroatoms. The van der Waals surface area contributed by atoms with Crippen LogP contribution in [-0.4, -0.2) is 61.2 Å². The maximum absolute atomic E-state index is 17.7. The van der Waals surface area contributed by atoms with Crippen LogP contribution in [0.1, 0.15) is 31.0 Å². The van der Waals surface area contributed by atoms with Crippen molar-refractivity contribution in [2.45, 2.75) is 31.6 Å². The standard InChI is InChI=1S/C36H35ClFN5O4S/c1-6-28(44)41-13-15-42(16-14-41)34-26-19-27(37)29(25-18-23(39)17-22-9-7-8-10-24(22)25)30(38)33(26)43(36(45)35(34)48(5,46)47)32-21(4)11-12-40-31(32)20(2)3/h6-12,17-20H,1,13-16,39H2,2-5H3. The van der Waals surface area contributed by atoms with Crippen molar-refractivity contribution in [2.75, 3.05) is 43.1 Å². The zero-order valence-corrected chi connectivity index (χ0v) is 28.6. The van der Waals surface area contributed by atoms with Gasteiger partial charge in [-0.3, -0.25) is 19.1 Å². The summed E-state index contributed by atoms with van der Waals surface area (Å²) in [6.45, 7) is 9.96. The summed E-state index contributed by atoms with van der Waals surface area (Å²) in [4.78, 5) is 34.5. The lowest BCUT2D eigenvalue weighted by molar-refractivity contribution is -0.126. The Bertz CT molecular complexity index is 2330. The minimum absolute atomic E-state index is 0.00844. The van der Waals surface area contributed by atoms with E-state index in [1.807, 2.05) is 38.1 Å². The molecule has 2 N–H and O–H groups in total.